The van der Waals surface area contributed by atoms with Gasteiger partial charge in [-0.2, -0.15) is 0 Å². The largest absolute Gasteiger partial charge is 0.550 e. The van der Waals surface area contributed by atoms with Gasteiger partial charge in [0.2, 0.25) is 5.91 Å². The number of hydrogen-bond donors (Lipinski definition) is 1. The summed E-state index contributed by atoms with van der Waals surface area (Å²) in [6, 6.07) is 14.4. The molecule has 0 unspecified atom stereocenters. The Hall–Kier alpha value is -2.33. The summed E-state index contributed by atoms with van der Waals surface area (Å²) in [5, 5.41) is 14.6. The van der Waals surface area contributed by atoms with Gasteiger partial charge in [-0.1, -0.05) is 48.0 Å². The molecule has 1 N–H and O–H groups in total. The van der Waals surface area contributed by atoms with Crippen LogP contribution < -0.4 is 10.4 Å². The fourth-order valence-electron chi connectivity index (χ4n) is 2.31. The molecule has 4 nitrogen and oxygen atoms in total. The molecule has 0 aliphatic rings. The number of carboxylic acid groups (broad SMARTS) is 1. The molecule has 1 amide bonds. The predicted molar refractivity (Wildman–Crippen MR) is 88.1 cm³/mol. The van der Waals surface area contributed by atoms with Crippen molar-refractivity contribution in [2.24, 2.45) is 5.92 Å². The Morgan fingerprint density at radius 2 is 1.83 bits per heavy atom. The first-order valence-electron chi connectivity index (χ1n) is 7.27. The van der Waals surface area contributed by atoms with Crippen LogP contribution in [0.25, 0.3) is 0 Å². The lowest BCUT2D eigenvalue weighted by Gasteiger charge is -2.18. The van der Waals surface area contributed by atoms with Gasteiger partial charge in [0.1, 0.15) is 0 Å². The molecule has 0 spiro atoms. The van der Waals surface area contributed by atoms with E-state index in [2.05, 4.69) is 5.32 Å². The van der Waals surface area contributed by atoms with Gasteiger partial charge in [-0.05, 0) is 36.6 Å². The van der Waals surface area contributed by atoms with Crippen molar-refractivity contribution in [1.29, 1.82) is 0 Å². The van der Waals surface area contributed by atoms with Crippen LogP contribution >= 0.6 is 11.6 Å². The van der Waals surface area contributed by atoms with Gasteiger partial charge in [0.25, 0.3) is 0 Å². The minimum absolute atomic E-state index is 0.150. The van der Waals surface area contributed by atoms with Gasteiger partial charge in [0, 0.05) is 29.0 Å². The van der Waals surface area contributed by atoms with E-state index in [9.17, 15) is 14.7 Å². The summed E-state index contributed by atoms with van der Waals surface area (Å²) in [5.41, 5.74) is 2.18. The van der Waals surface area contributed by atoms with Crippen molar-refractivity contribution < 1.29 is 14.7 Å². The van der Waals surface area contributed by atoms with Crippen molar-refractivity contribution in [2.45, 2.75) is 19.8 Å². The van der Waals surface area contributed by atoms with Gasteiger partial charge in [0.05, 0.1) is 0 Å². The first-order chi connectivity index (χ1) is 11.0. The van der Waals surface area contributed by atoms with E-state index in [0.29, 0.717) is 10.7 Å². The zero-order valence-electron chi connectivity index (χ0n) is 12.7. The number of carboxylic acids is 1. The molecule has 2 aromatic rings. The van der Waals surface area contributed by atoms with Gasteiger partial charge in [-0.25, -0.2) is 0 Å². The van der Waals surface area contributed by atoms with E-state index in [4.69, 9.17) is 11.6 Å². The third kappa shape index (κ3) is 4.83. The van der Waals surface area contributed by atoms with E-state index in [-0.39, 0.29) is 18.7 Å². The molecule has 2 rings (SSSR count). The lowest BCUT2D eigenvalue weighted by molar-refractivity contribution is -0.311. The minimum Gasteiger partial charge on any atom is -0.550 e. The topological polar surface area (TPSA) is 69.2 Å². The maximum Gasteiger partial charge on any atom is 0.225 e. The number of rotatable bonds is 6. The Morgan fingerprint density at radius 1 is 1.13 bits per heavy atom. The van der Waals surface area contributed by atoms with Crippen molar-refractivity contribution in [3.8, 4) is 0 Å². The van der Waals surface area contributed by atoms with Crippen molar-refractivity contribution >= 4 is 29.2 Å². The van der Waals surface area contributed by atoms with Crippen LogP contribution in [0.2, 0.25) is 5.02 Å². The van der Waals surface area contributed by atoms with Crippen LogP contribution in [0.3, 0.4) is 0 Å². The molecular formula is C18H17ClNO3-. The van der Waals surface area contributed by atoms with E-state index in [1.165, 1.54) is 0 Å². The van der Waals surface area contributed by atoms with Crippen LogP contribution in [-0.4, -0.2) is 11.9 Å². The van der Waals surface area contributed by atoms with Gasteiger partial charge in [-0.15, -0.1) is 0 Å². The summed E-state index contributed by atoms with van der Waals surface area (Å²) in [6.07, 6.45) is 0.105. The standard InChI is InChI=1S/C18H18ClNO3/c1-12-15(19)8-5-9-16(12)20-17(21)11-14(18(22)23)10-13-6-3-2-4-7-13/h2-9,14H,10-11H2,1H3,(H,20,21)(H,22,23)/p-1/t14-/m1/s1. The number of nitrogens with one attached hydrogen (secondary N) is 1. The predicted octanol–water partition coefficient (Wildman–Crippen LogP) is 2.59. The highest BCUT2D eigenvalue weighted by molar-refractivity contribution is 6.31. The van der Waals surface area contributed by atoms with Crippen molar-refractivity contribution in [3.05, 3.63) is 64.7 Å². The lowest BCUT2D eigenvalue weighted by atomic mass is 9.96. The molecule has 0 bridgehead atoms. The molecule has 0 heterocycles. The van der Waals surface area contributed by atoms with Crippen molar-refractivity contribution in [1.82, 2.24) is 0 Å². The normalized spacial score (nSPS) is 11.7. The quantitative estimate of drug-likeness (QED) is 0.885. The highest BCUT2D eigenvalue weighted by Crippen LogP contribution is 2.23. The third-order valence-corrected chi connectivity index (χ3v) is 4.04. The van der Waals surface area contributed by atoms with Crippen LogP contribution in [0.1, 0.15) is 17.5 Å². The Labute approximate surface area is 140 Å². The molecule has 0 aromatic heterocycles. The smallest absolute Gasteiger partial charge is 0.225 e. The summed E-state index contributed by atoms with van der Waals surface area (Å²) >= 11 is 6.01. The number of hydrogen-bond acceptors (Lipinski definition) is 3. The second-order valence-electron chi connectivity index (χ2n) is 5.37. The molecule has 0 aliphatic carbocycles. The summed E-state index contributed by atoms with van der Waals surface area (Å²) in [7, 11) is 0. The van der Waals surface area contributed by atoms with Crippen molar-refractivity contribution in [2.75, 3.05) is 5.32 Å². The third-order valence-electron chi connectivity index (χ3n) is 3.63. The maximum atomic E-state index is 12.1. The minimum atomic E-state index is -1.23. The fourth-order valence-corrected chi connectivity index (χ4v) is 2.48. The number of amides is 1. The number of anilines is 1. The number of carbonyl (C=O) groups is 2. The van der Waals surface area contributed by atoms with Crippen LogP contribution in [0.15, 0.2) is 48.5 Å². The van der Waals surface area contributed by atoms with Gasteiger partial charge >= 0.3 is 0 Å². The second-order valence-corrected chi connectivity index (χ2v) is 5.78. The lowest BCUT2D eigenvalue weighted by Crippen LogP contribution is -2.35. The average molecular weight is 331 g/mol. The van der Waals surface area contributed by atoms with E-state index in [1.807, 2.05) is 30.3 Å². The molecule has 0 aliphatic heterocycles. The first kappa shape index (κ1) is 17.0. The zero-order chi connectivity index (χ0) is 16.8. The number of benzene rings is 2. The van der Waals surface area contributed by atoms with Crippen LogP contribution in [0, 0.1) is 12.8 Å². The molecule has 120 valence electrons. The summed E-state index contributed by atoms with van der Waals surface area (Å²) in [5.74, 6) is -2.48. The molecule has 23 heavy (non-hydrogen) atoms. The van der Waals surface area contributed by atoms with Crippen LogP contribution in [0.5, 0.6) is 0 Å². The second kappa shape index (κ2) is 7.79. The Balaban J connectivity index is 2.03. The summed E-state index contributed by atoms with van der Waals surface area (Å²) in [6.45, 7) is 1.79. The van der Waals surface area contributed by atoms with E-state index >= 15 is 0 Å². The summed E-state index contributed by atoms with van der Waals surface area (Å²) in [4.78, 5) is 23.4. The molecule has 1 atom stereocenters. The zero-order valence-corrected chi connectivity index (χ0v) is 13.5. The summed E-state index contributed by atoms with van der Waals surface area (Å²) < 4.78 is 0. The number of halogens is 1. The first-order valence-corrected chi connectivity index (χ1v) is 7.65. The van der Waals surface area contributed by atoms with E-state index in [1.54, 1.807) is 25.1 Å². The molecule has 5 heteroatoms. The van der Waals surface area contributed by atoms with Gasteiger partial charge in [-0.3, -0.25) is 4.79 Å². The average Bonchev–Trinajstić information content (AvgIpc) is 2.52. The molecule has 0 fully saturated rings. The van der Waals surface area contributed by atoms with E-state index in [0.717, 1.165) is 11.1 Å². The van der Waals surface area contributed by atoms with Crippen LogP contribution in [-0.2, 0) is 16.0 Å². The monoisotopic (exact) mass is 330 g/mol. The van der Waals surface area contributed by atoms with Crippen molar-refractivity contribution in [3.63, 3.8) is 0 Å². The molecular weight excluding hydrogens is 314 g/mol. The van der Waals surface area contributed by atoms with Crippen LogP contribution in [0.4, 0.5) is 5.69 Å². The number of carbonyl (C=O) groups excluding carboxylic acids is 2. The molecule has 0 saturated heterocycles. The highest BCUT2D eigenvalue weighted by Gasteiger charge is 2.17. The number of aliphatic carboxylic acids is 1. The van der Waals surface area contributed by atoms with Gasteiger partial charge in [0.15, 0.2) is 0 Å². The van der Waals surface area contributed by atoms with E-state index < -0.39 is 11.9 Å². The Bertz CT molecular complexity index is 701. The fraction of sp³-hybridized carbons (Fsp3) is 0.222. The highest BCUT2D eigenvalue weighted by atomic mass is 35.5. The van der Waals surface area contributed by atoms with Gasteiger partial charge < -0.3 is 15.2 Å². The maximum absolute atomic E-state index is 12.1. The molecule has 0 radical (unpaired) electrons. The SMILES string of the molecule is Cc1c(Cl)cccc1NC(=O)C[C@@H](Cc1ccccc1)C(=O)[O-]. The molecule has 0 saturated carbocycles. The Kier molecular flexibility index (Phi) is 5.77. The molecule has 2 aromatic carbocycles. The Morgan fingerprint density at radius 3 is 2.48 bits per heavy atom.